The van der Waals surface area contributed by atoms with Crippen LogP contribution in [0, 0.1) is 11.6 Å². The van der Waals surface area contributed by atoms with Crippen LogP contribution in [0.4, 0.5) is 14.5 Å². The van der Waals surface area contributed by atoms with Crippen LogP contribution in [0.3, 0.4) is 0 Å². The van der Waals surface area contributed by atoms with Crippen molar-refractivity contribution in [1.29, 1.82) is 0 Å². The number of halogens is 2. The summed E-state index contributed by atoms with van der Waals surface area (Å²) in [6.07, 6.45) is 6.24. The van der Waals surface area contributed by atoms with E-state index in [9.17, 15) is 14.0 Å². The lowest BCUT2D eigenvalue weighted by atomic mass is 10.1. The highest BCUT2D eigenvalue weighted by molar-refractivity contribution is 6.01. The molecule has 1 aliphatic rings. The van der Waals surface area contributed by atoms with Gasteiger partial charge in [0.25, 0.3) is 5.91 Å². The quantitative estimate of drug-likeness (QED) is 0.182. The second-order valence-electron chi connectivity index (χ2n) is 11.2. The van der Waals surface area contributed by atoms with Crippen molar-refractivity contribution in [2.45, 2.75) is 25.7 Å². The lowest BCUT2D eigenvalue weighted by molar-refractivity contribution is 0.101. The second kappa shape index (κ2) is 14.0. The normalized spacial score (nSPS) is 13.4. The Bertz CT molecular complexity index is 1970. The Kier molecular flexibility index (Phi) is 9.43. The Morgan fingerprint density at radius 2 is 1.74 bits per heavy atom. The van der Waals surface area contributed by atoms with E-state index in [1.807, 2.05) is 0 Å². The number of ether oxygens (including phenoxy) is 3. The molecule has 0 aliphatic carbocycles. The molecule has 0 unspecified atom stereocenters. The minimum absolute atomic E-state index is 0.0936. The van der Waals surface area contributed by atoms with Crippen molar-refractivity contribution in [1.82, 2.24) is 24.2 Å². The molecule has 0 bridgehead atoms. The predicted octanol–water partition coefficient (Wildman–Crippen LogP) is 5.71. The highest BCUT2D eigenvalue weighted by atomic mass is 19.1. The van der Waals surface area contributed by atoms with Crippen LogP contribution in [0.2, 0.25) is 0 Å². The number of benzene rings is 3. The third-order valence-electron chi connectivity index (χ3n) is 7.99. The topological polar surface area (TPSA) is 113 Å². The van der Waals surface area contributed by atoms with Crippen molar-refractivity contribution in [2.75, 3.05) is 38.7 Å². The maximum Gasteiger partial charge on any atom is 0.350 e. The SMILES string of the molecule is COc1cc2c(Oc3ccc(NC(=O)c4nn(-c5ccccc5F)c(=O)n4C)cc3F)ccnc2cc1OCCCN1CCCCC1. The van der Waals surface area contributed by atoms with E-state index in [2.05, 4.69) is 20.3 Å². The monoisotopic (exact) mass is 644 g/mol. The first-order chi connectivity index (χ1) is 22.8. The molecular weight excluding hydrogens is 610 g/mol. The molecule has 11 nitrogen and oxygen atoms in total. The average Bonchev–Trinajstić information content (AvgIpc) is 3.38. The number of pyridine rings is 1. The van der Waals surface area contributed by atoms with Crippen LogP contribution < -0.4 is 25.2 Å². The van der Waals surface area contributed by atoms with Gasteiger partial charge in [-0.05, 0) is 68.8 Å². The Morgan fingerprint density at radius 3 is 2.51 bits per heavy atom. The van der Waals surface area contributed by atoms with Crippen LogP contribution in [-0.2, 0) is 7.05 Å². The molecule has 1 aliphatic heterocycles. The Morgan fingerprint density at radius 1 is 0.936 bits per heavy atom. The molecule has 1 fully saturated rings. The number of fused-ring (bicyclic) bond motifs is 1. The first-order valence-electron chi connectivity index (χ1n) is 15.3. The standard InChI is InChI=1S/C34H34F2N6O5/c1-40-32(39-42(34(40)44)27-10-5-4-9-24(27)35)33(43)38-22-11-12-29(25(36)19-22)47-28-13-14-37-26-21-31(30(45-2)20-23(26)28)46-18-8-17-41-15-6-3-7-16-41/h4-5,9-14,19-21H,3,6-8,15-18H2,1-2H3,(H,38,43). The molecule has 0 spiro atoms. The van der Waals surface area contributed by atoms with Crippen molar-refractivity contribution >= 4 is 22.5 Å². The number of aromatic nitrogens is 4. The molecule has 5 aromatic rings. The molecule has 47 heavy (non-hydrogen) atoms. The predicted molar refractivity (Wildman–Crippen MR) is 172 cm³/mol. The second-order valence-corrected chi connectivity index (χ2v) is 11.2. The van der Waals surface area contributed by atoms with Crippen molar-refractivity contribution in [3.8, 4) is 28.7 Å². The largest absolute Gasteiger partial charge is 0.493 e. The highest BCUT2D eigenvalue weighted by Crippen LogP contribution is 2.38. The van der Waals surface area contributed by atoms with Crippen LogP contribution >= 0.6 is 0 Å². The zero-order chi connectivity index (χ0) is 32.9. The molecule has 0 radical (unpaired) electrons. The summed E-state index contributed by atoms with van der Waals surface area (Å²) in [5, 5.41) is 7.10. The summed E-state index contributed by atoms with van der Waals surface area (Å²) in [7, 11) is 2.88. The third kappa shape index (κ3) is 6.94. The number of rotatable bonds is 11. The molecular formula is C34H34F2N6O5. The van der Waals surface area contributed by atoms with E-state index < -0.39 is 23.2 Å². The minimum atomic E-state index is -0.788. The van der Waals surface area contributed by atoms with Crippen molar-refractivity contribution in [2.24, 2.45) is 7.05 Å². The Balaban J connectivity index is 1.15. The van der Waals surface area contributed by atoms with Crippen molar-refractivity contribution in [3.05, 3.63) is 94.8 Å². The van der Waals surface area contributed by atoms with Crippen LogP contribution in [0.15, 0.2) is 71.7 Å². The number of para-hydroxylation sites is 1. The minimum Gasteiger partial charge on any atom is -0.493 e. The number of hydrogen-bond donors (Lipinski definition) is 1. The van der Waals surface area contributed by atoms with E-state index in [0.717, 1.165) is 41.4 Å². The maximum absolute atomic E-state index is 15.3. The lowest BCUT2D eigenvalue weighted by Crippen LogP contribution is -2.31. The number of amides is 1. The van der Waals surface area contributed by atoms with Gasteiger partial charge in [-0.1, -0.05) is 18.6 Å². The van der Waals surface area contributed by atoms with Crippen LogP contribution in [0.1, 0.15) is 36.3 Å². The summed E-state index contributed by atoms with van der Waals surface area (Å²) in [5.41, 5.74) is -0.147. The van der Waals surface area contributed by atoms with Gasteiger partial charge < -0.3 is 24.4 Å². The molecule has 2 aromatic heterocycles. The number of nitrogens with zero attached hydrogens (tertiary/aromatic N) is 5. The molecule has 1 N–H and O–H groups in total. The third-order valence-corrected chi connectivity index (χ3v) is 7.99. The highest BCUT2D eigenvalue weighted by Gasteiger charge is 2.21. The maximum atomic E-state index is 15.3. The summed E-state index contributed by atoms with van der Waals surface area (Å²) < 4.78 is 48.9. The van der Waals surface area contributed by atoms with Gasteiger partial charge in [0.05, 0.1) is 19.2 Å². The van der Waals surface area contributed by atoms with Gasteiger partial charge in [-0.2, -0.15) is 4.68 Å². The fourth-order valence-corrected chi connectivity index (χ4v) is 5.53. The molecule has 1 saturated heterocycles. The molecule has 3 aromatic carbocycles. The van der Waals surface area contributed by atoms with Crippen LogP contribution in [0.5, 0.6) is 23.0 Å². The number of nitrogens with one attached hydrogen (secondary N) is 1. The zero-order valence-electron chi connectivity index (χ0n) is 26.0. The number of piperidine rings is 1. The number of methoxy groups -OCH3 is 1. The molecule has 0 atom stereocenters. The molecule has 3 heterocycles. The molecule has 0 saturated carbocycles. The zero-order valence-corrected chi connectivity index (χ0v) is 26.0. The van der Waals surface area contributed by atoms with Gasteiger partial charge in [-0.15, -0.1) is 5.10 Å². The summed E-state index contributed by atoms with van der Waals surface area (Å²) in [5.74, 6) is -1.20. The molecule has 13 heteroatoms. The van der Waals surface area contributed by atoms with Crippen LogP contribution in [0.25, 0.3) is 16.6 Å². The lowest BCUT2D eigenvalue weighted by Gasteiger charge is -2.26. The first-order valence-corrected chi connectivity index (χ1v) is 15.3. The van der Waals surface area contributed by atoms with Crippen LogP contribution in [-0.4, -0.2) is 63.5 Å². The summed E-state index contributed by atoms with van der Waals surface area (Å²) in [6, 6.07) is 14.6. The van der Waals surface area contributed by atoms with Gasteiger partial charge in [0.2, 0.25) is 5.82 Å². The van der Waals surface area contributed by atoms with Crippen molar-refractivity contribution in [3.63, 3.8) is 0 Å². The number of hydrogen-bond acceptors (Lipinski definition) is 8. The molecule has 1 amide bonds. The molecule has 6 rings (SSSR count). The van der Waals surface area contributed by atoms with E-state index >= 15 is 4.39 Å². The van der Waals surface area contributed by atoms with Gasteiger partial charge in [-0.3, -0.25) is 14.3 Å². The number of anilines is 1. The van der Waals surface area contributed by atoms with Gasteiger partial charge in [0.15, 0.2) is 23.1 Å². The Labute approximate surface area is 269 Å². The van der Waals surface area contributed by atoms with E-state index in [1.54, 1.807) is 37.6 Å². The average molecular weight is 645 g/mol. The first kappa shape index (κ1) is 31.7. The number of likely N-dealkylation sites (tertiary alicyclic amines) is 1. The smallest absolute Gasteiger partial charge is 0.350 e. The van der Waals surface area contributed by atoms with Gasteiger partial charge in [0, 0.05) is 43.0 Å². The van der Waals surface area contributed by atoms with Gasteiger partial charge in [0.1, 0.15) is 17.3 Å². The molecule has 244 valence electrons. The fraction of sp³-hybridized carbons (Fsp3) is 0.294. The summed E-state index contributed by atoms with van der Waals surface area (Å²) in [6.45, 7) is 3.79. The van der Waals surface area contributed by atoms with Crippen molar-refractivity contribution < 1.29 is 27.8 Å². The number of carbonyl (C=O) groups excluding carboxylic acids is 1. The van der Waals surface area contributed by atoms with E-state index in [-0.39, 0.29) is 22.9 Å². The Hall–Kier alpha value is -5.30. The van der Waals surface area contributed by atoms with E-state index in [4.69, 9.17) is 14.2 Å². The van der Waals surface area contributed by atoms with E-state index in [0.29, 0.717) is 34.8 Å². The summed E-state index contributed by atoms with van der Waals surface area (Å²) >= 11 is 0. The van der Waals surface area contributed by atoms with E-state index in [1.165, 1.54) is 56.6 Å². The van der Waals surface area contributed by atoms with Gasteiger partial charge in [-0.25, -0.2) is 13.6 Å². The van der Waals surface area contributed by atoms with Gasteiger partial charge >= 0.3 is 5.69 Å². The fourth-order valence-electron chi connectivity index (χ4n) is 5.53. The summed E-state index contributed by atoms with van der Waals surface area (Å²) in [4.78, 5) is 32.5. The number of carbonyl (C=O) groups is 1.